The number of non-ortho nitro benzene ring substituents is 1. The number of nitrogens with one attached hydrogen (secondary N) is 2. The molecule has 1 aromatic carbocycles. The maximum absolute atomic E-state index is 12.2. The summed E-state index contributed by atoms with van der Waals surface area (Å²) in [6, 6.07) is 4.20. The van der Waals surface area contributed by atoms with Crippen molar-refractivity contribution in [3.63, 3.8) is 0 Å². The lowest BCUT2D eigenvalue weighted by Crippen LogP contribution is -2.27. The number of H-pyrrole nitrogens is 1. The highest BCUT2D eigenvalue weighted by molar-refractivity contribution is 14.1. The van der Waals surface area contributed by atoms with Crippen LogP contribution in [0.2, 0.25) is 0 Å². The van der Waals surface area contributed by atoms with Crippen molar-refractivity contribution in [2.75, 3.05) is 6.54 Å². The van der Waals surface area contributed by atoms with Crippen molar-refractivity contribution in [3.8, 4) is 0 Å². The number of benzene rings is 1. The van der Waals surface area contributed by atoms with E-state index in [0.717, 1.165) is 5.82 Å². The summed E-state index contributed by atoms with van der Waals surface area (Å²) in [6.07, 6.45) is 0.512. The summed E-state index contributed by atoms with van der Waals surface area (Å²) in [5.74, 6) is 0.404. The fourth-order valence-corrected chi connectivity index (χ4v) is 2.91. The van der Waals surface area contributed by atoms with Crippen molar-refractivity contribution >= 4 is 46.4 Å². The van der Waals surface area contributed by atoms with Gasteiger partial charge in [0.1, 0.15) is 5.82 Å². The van der Waals surface area contributed by atoms with E-state index in [2.05, 4.69) is 15.5 Å². The lowest BCUT2D eigenvalue weighted by molar-refractivity contribution is -0.384. The zero-order valence-electron chi connectivity index (χ0n) is 12.2. The van der Waals surface area contributed by atoms with Gasteiger partial charge in [0.25, 0.3) is 11.6 Å². The number of nitro benzene ring substituents is 1. The van der Waals surface area contributed by atoms with Gasteiger partial charge in [0.15, 0.2) is 4.77 Å². The highest BCUT2D eigenvalue weighted by Crippen LogP contribution is 2.19. The number of nitrogens with zero attached hydrogens (tertiary/aromatic N) is 3. The molecule has 8 nitrogen and oxygen atoms in total. The zero-order chi connectivity index (χ0) is 17.0. The Bertz CT molecular complexity index is 801. The van der Waals surface area contributed by atoms with E-state index in [-0.39, 0.29) is 17.2 Å². The molecule has 0 aliphatic heterocycles. The van der Waals surface area contributed by atoms with E-state index in [4.69, 9.17) is 12.2 Å². The summed E-state index contributed by atoms with van der Waals surface area (Å²) in [5, 5.41) is 20.4. The van der Waals surface area contributed by atoms with Crippen LogP contribution in [-0.4, -0.2) is 32.1 Å². The number of halogens is 1. The number of carbonyl (C=O) groups is 1. The van der Waals surface area contributed by atoms with Gasteiger partial charge in [-0.3, -0.25) is 20.0 Å². The van der Waals surface area contributed by atoms with E-state index in [1.54, 1.807) is 6.07 Å². The molecular formula is C13H14IN5O3S. The van der Waals surface area contributed by atoms with Gasteiger partial charge in [0.05, 0.1) is 10.5 Å². The number of aromatic nitrogens is 3. The van der Waals surface area contributed by atoms with Crippen molar-refractivity contribution in [1.82, 2.24) is 20.1 Å². The number of aromatic amines is 1. The number of rotatable bonds is 6. The summed E-state index contributed by atoms with van der Waals surface area (Å²) in [4.78, 5) is 22.5. The average molecular weight is 447 g/mol. The van der Waals surface area contributed by atoms with Crippen LogP contribution in [0, 0.1) is 18.5 Å². The second-order valence-electron chi connectivity index (χ2n) is 4.62. The quantitative estimate of drug-likeness (QED) is 0.306. The van der Waals surface area contributed by atoms with Crippen LogP contribution < -0.4 is 5.32 Å². The van der Waals surface area contributed by atoms with Crippen LogP contribution in [0.3, 0.4) is 0 Å². The van der Waals surface area contributed by atoms with Crippen molar-refractivity contribution in [2.45, 2.75) is 19.9 Å². The fraction of sp³-hybridized carbons (Fsp3) is 0.308. The van der Waals surface area contributed by atoms with Gasteiger partial charge in [0, 0.05) is 35.2 Å². The molecule has 1 aromatic heterocycles. The minimum atomic E-state index is -0.522. The first kappa shape index (κ1) is 17.5. The van der Waals surface area contributed by atoms with Crippen LogP contribution in [0.25, 0.3) is 0 Å². The van der Waals surface area contributed by atoms with Crippen molar-refractivity contribution < 1.29 is 9.72 Å². The maximum Gasteiger partial charge on any atom is 0.270 e. The first-order valence-electron chi connectivity index (χ1n) is 6.80. The molecule has 2 rings (SSSR count). The van der Waals surface area contributed by atoms with Gasteiger partial charge >= 0.3 is 0 Å². The Balaban J connectivity index is 2.04. The molecule has 0 spiro atoms. The Labute approximate surface area is 150 Å². The molecule has 122 valence electrons. The minimum Gasteiger partial charge on any atom is -0.352 e. The third kappa shape index (κ3) is 4.13. The van der Waals surface area contributed by atoms with Gasteiger partial charge in [-0.15, -0.1) is 0 Å². The topological polar surface area (TPSA) is 106 Å². The summed E-state index contributed by atoms with van der Waals surface area (Å²) in [7, 11) is 0. The lowest BCUT2D eigenvalue weighted by atomic mass is 10.2. The standard InChI is InChI=1S/C13H14IN5O3S/c1-2-18-11(16-17-13(18)23)5-6-15-12(20)9-7-8(19(21)22)3-4-10(9)14/h3-4,7H,2,5-6H2,1H3,(H,15,20)(H,17,23). The smallest absolute Gasteiger partial charge is 0.270 e. The van der Waals surface area contributed by atoms with E-state index in [9.17, 15) is 14.9 Å². The number of amides is 1. The van der Waals surface area contributed by atoms with E-state index in [0.29, 0.717) is 27.9 Å². The van der Waals surface area contributed by atoms with Crippen LogP contribution in [0.15, 0.2) is 18.2 Å². The second-order valence-corrected chi connectivity index (χ2v) is 6.17. The summed E-state index contributed by atoms with van der Waals surface area (Å²) in [5.41, 5.74) is 0.177. The van der Waals surface area contributed by atoms with Gasteiger partial charge in [-0.2, -0.15) is 5.10 Å². The first-order valence-corrected chi connectivity index (χ1v) is 8.29. The predicted octanol–water partition coefficient (Wildman–Crippen LogP) is 2.45. The summed E-state index contributed by atoms with van der Waals surface area (Å²) < 4.78 is 3.04. The molecule has 2 N–H and O–H groups in total. The first-order chi connectivity index (χ1) is 10.9. The molecule has 23 heavy (non-hydrogen) atoms. The van der Waals surface area contributed by atoms with Crippen LogP contribution in [-0.2, 0) is 13.0 Å². The van der Waals surface area contributed by atoms with Crippen LogP contribution in [0.1, 0.15) is 23.1 Å². The molecule has 0 saturated heterocycles. The number of hydrogen-bond acceptors (Lipinski definition) is 5. The molecule has 1 heterocycles. The van der Waals surface area contributed by atoms with Crippen molar-refractivity contribution in [3.05, 3.63) is 48.0 Å². The third-order valence-corrected chi connectivity index (χ3v) is 4.45. The molecule has 0 fully saturated rings. The molecule has 1 amide bonds. The molecule has 0 unspecified atom stereocenters. The van der Waals surface area contributed by atoms with Crippen molar-refractivity contribution in [1.29, 1.82) is 0 Å². The molecule has 0 atom stereocenters. The van der Waals surface area contributed by atoms with Gasteiger partial charge in [-0.1, -0.05) is 0 Å². The van der Waals surface area contributed by atoms with E-state index in [1.807, 2.05) is 34.1 Å². The van der Waals surface area contributed by atoms with E-state index < -0.39 is 4.92 Å². The van der Waals surface area contributed by atoms with Gasteiger partial charge < -0.3 is 9.88 Å². The molecule has 0 aliphatic rings. The largest absolute Gasteiger partial charge is 0.352 e. The molecule has 10 heteroatoms. The number of hydrogen-bond donors (Lipinski definition) is 2. The zero-order valence-corrected chi connectivity index (χ0v) is 15.2. The van der Waals surface area contributed by atoms with E-state index >= 15 is 0 Å². The van der Waals surface area contributed by atoms with Crippen LogP contribution >= 0.6 is 34.8 Å². The minimum absolute atomic E-state index is 0.109. The summed E-state index contributed by atoms with van der Waals surface area (Å²) in [6.45, 7) is 3.01. The molecular weight excluding hydrogens is 433 g/mol. The Morgan fingerprint density at radius 3 is 2.96 bits per heavy atom. The Morgan fingerprint density at radius 1 is 1.57 bits per heavy atom. The summed E-state index contributed by atoms with van der Waals surface area (Å²) >= 11 is 7.07. The molecule has 0 radical (unpaired) electrons. The highest BCUT2D eigenvalue weighted by Gasteiger charge is 2.15. The van der Waals surface area contributed by atoms with Gasteiger partial charge in [-0.05, 0) is 47.8 Å². The maximum atomic E-state index is 12.2. The van der Waals surface area contributed by atoms with Crippen LogP contribution in [0.4, 0.5) is 5.69 Å². The second kappa shape index (κ2) is 7.64. The Kier molecular flexibility index (Phi) is 5.82. The molecule has 2 aromatic rings. The lowest BCUT2D eigenvalue weighted by Gasteiger charge is -2.07. The predicted molar refractivity (Wildman–Crippen MR) is 94.9 cm³/mol. The molecule has 0 bridgehead atoms. The Morgan fingerprint density at radius 2 is 2.30 bits per heavy atom. The van der Waals surface area contributed by atoms with E-state index in [1.165, 1.54) is 12.1 Å². The highest BCUT2D eigenvalue weighted by atomic mass is 127. The SMILES string of the molecule is CCn1c(CCNC(=O)c2cc([N+](=O)[O-])ccc2I)n[nH]c1=S. The van der Waals surface area contributed by atoms with Gasteiger partial charge in [0.2, 0.25) is 0 Å². The van der Waals surface area contributed by atoms with Gasteiger partial charge in [-0.25, -0.2) is 0 Å². The third-order valence-electron chi connectivity index (χ3n) is 3.19. The number of nitro groups is 1. The average Bonchev–Trinajstić information content (AvgIpc) is 2.87. The number of carbonyl (C=O) groups excluding carboxylic acids is 1. The molecule has 0 saturated carbocycles. The normalized spacial score (nSPS) is 10.5. The van der Waals surface area contributed by atoms with Crippen LogP contribution in [0.5, 0.6) is 0 Å². The Hall–Kier alpha value is -1.82. The molecule has 0 aliphatic carbocycles. The fourth-order valence-electron chi connectivity index (χ4n) is 2.05. The monoisotopic (exact) mass is 447 g/mol. The van der Waals surface area contributed by atoms with Crippen molar-refractivity contribution in [2.24, 2.45) is 0 Å².